The lowest BCUT2D eigenvalue weighted by Gasteiger charge is -2.02. The highest BCUT2D eigenvalue weighted by Crippen LogP contribution is 2.24. The van der Waals surface area contributed by atoms with Crippen molar-refractivity contribution in [2.75, 3.05) is 5.43 Å². The van der Waals surface area contributed by atoms with Crippen molar-refractivity contribution in [3.05, 3.63) is 65.5 Å². The first kappa shape index (κ1) is 14.6. The Labute approximate surface area is 142 Å². The summed E-state index contributed by atoms with van der Waals surface area (Å²) in [6.07, 6.45) is 3.24. The van der Waals surface area contributed by atoms with E-state index in [0.717, 1.165) is 38.6 Å². The third-order valence-corrected chi connectivity index (χ3v) is 4.43. The minimum absolute atomic E-state index is 0.793. The van der Waals surface area contributed by atoms with Crippen LogP contribution in [0.2, 0.25) is 0 Å². The van der Waals surface area contributed by atoms with E-state index in [1.807, 2.05) is 42.6 Å². The van der Waals surface area contributed by atoms with Crippen LogP contribution in [0.5, 0.6) is 0 Å². The molecule has 0 amide bonds. The molecule has 0 spiro atoms. The summed E-state index contributed by atoms with van der Waals surface area (Å²) in [5, 5.41) is 6.99. The van der Waals surface area contributed by atoms with E-state index in [2.05, 4.69) is 32.6 Å². The smallest absolute Gasteiger partial charge is 0.203 e. The van der Waals surface area contributed by atoms with Gasteiger partial charge in [0.2, 0.25) is 5.13 Å². The number of thiazole rings is 1. The molecule has 118 valence electrons. The van der Waals surface area contributed by atoms with Crippen molar-refractivity contribution in [3.63, 3.8) is 0 Å². The highest BCUT2D eigenvalue weighted by Gasteiger charge is 2.02. The van der Waals surface area contributed by atoms with Gasteiger partial charge < -0.3 is 4.42 Å². The van der Waals surface area contributed by atoms with Gasteiger partial charge in [0.05, 0.1) is 11.9 Å². The first-order valence-electron chi connectivity index (χ1n) is 7.43. The highest BCUT2D eigenvalue weighted by atomic mass is 32.1. The molecule has 0 aliphatic carbocycles. The van der Waals surface area contributed by atoms with Gasteiger partial charge in [-0.15, -0.1) is 11.3 Å². The number of oxazole rings is 1. The molecule has 2 aromatic carbocycles. The number of hydrazone groups is 1. The quantitative estimate of drug-likeness (QED) is 0.434. The number of hydrogen-bond donors (Lipinski definition) is 1. The molecule has 4 aromatic rings. The molecule has 2 heterocycles. The normalized spacial score (nSPS) is 11.4. The fourth-order valence-electron chi connectivity index (χ4n) is 2.37. The van der Waals surface area contributed by atoms with Crippen LogP contribution in [0, 0.1) is 6.92 Å². The highest BCUT2D eigenvalue weighted by molar-refractivity contribution is 7.13. The number of rotatable bonds is 4. The van der Waals surface area contributed by atoms with Crippen molar-refractivity contribution in [3.8, 4) is 11.1 Å². The van der Waals surface area contributed by atoms with Crippen molar-refractivity contribution in [1.29, 1.82) is 0 Å². The Balaban J connectivity index is 1.49. The summed E-state index contributed by atoms with van der Waals surface area (Å²) in [7, 11) is 0. The van der Waals surface area contributed by atoms with Crippen LogP contribution in [0.25, 0.3) is 22.2 Å². The summed E-state index contributed by atoms with van der Waals surface area (Å²) in [4.78, 5) is 8.49. The number of hydrogen-bond acceptors (Lipinski definition) is 6. The lowest BCUT2D eigenvalue weighted by atomic mass is 10.0. The number of fused-ring (bicyclic) bond motifs is 1. The van der Waals surface area contributed by atoms with Crippen LogP contribution < -0.4 is 5.43 Å². The summed E-state index contributed by atoms with van der Waals surface area (Å²) in [6, 6.07) is 14.2. The van der Waals surface area contributed by atoms with E-state index >= 15 is 0 Å². The van der Waals surface area contributed by atoms with Crippen molar-refractivity contribution in [1.82, 2.24) is 9.97 Å². The number of nitrogens with one attached hydrogen (secondary N) is 1. The Bertz CT molecular complexity index is 1000. The molecule has 0 saturated heterocycles. The van der Waals surface area contributed by atoms with E-state index in [9.17, 15) is 0 Å². The molecule has 0 saturated carbocycles. The van der Waals surface area contributed by atoms with Gasteiger partial charge in [-0.3, -0.25) is 5.43 Å². The Morgan fingerprint density at radius 3 is 2.75 bits per heavy atom. The van der Waals surface area contributed by atoms with Crippen LogP contribution in [-0.2, 0) is 0 Å². The van der Waals surface area contributed by atoms with E-state index in [4.69, 9.17) is 4.42 Å². The van der Waals surface area contributed by atoms with Crippen molar-refractivity contribution in [2.45, 2.75) is 6.92 Å². The Kier molecular flexibility index (Phi) is 3.80. The van der Waals surface area contributed by atoms with Gasteiger partial charge in [-0.25, -0.2) is 9.97 Å². The third-order valence-electron chi connectivity index (χ3n) is 3.57. The second-order valence-corrected chi connectivity index (χ2v) is 6.18. The number of aryl methyl sites for hydroxylation is 1. The molecular formula is C18H14N4OS. The van der Waals surface area contributed by atoms with Crippen molar-refractivity contribution < 1.29 is 4.42 Å². The van der Waals surface area contributed by atoms with Gasteiger partial charge in [-0.2, -0.15) is 5.10 Å². The molecule has 2 aromatic heterocycles. The lowest BCUT2D eigenvalue weighted by molar-refractivity contribution is 0.602. The monoisotopic (exact) mass is 334 g/mol. The van der Waals surface area contributed by atoms with E-state index in [1.54, 1.807) is 6.21 Å². The minimum atomic E-state index is 0.793. The average Bonchev–Trinajstić information content (AvgIpc) is 3.23. The number of benzene rings is 2. The van der Waals surface area contributed by atoms with Crippen molar-refractivity contribution in [2.24, 2.45) is 5.10 Å². The molecule has 1 N–H and O–H groups in total. The van der Waals surface area contributed by atoms with Crippen LogP contribution >= 0.6 is 11.3 Å². The van der Waals surface area contributed by atoms with Crippen LogP contribution in [0.4, 0.5) is 5.13 Å². The summed E-state index contributed by atoms with van der Waals surface area (Å²) >= 11 is 1.54. The van der Waals surface area contributed by atoms with Gasteiger partial charge in [0, 0.05) is 5.38 Å². The molecule has 0 bridgehead atoms. The molecule has 0 unspecified atom stereocenters. The van der Waals surface area contributed by atoms with E-state index in [0.29, 0.717) is 0 Å². The topological polar surface area (TPSA) is 63.3 Å². The zero-order chi connectivity index (χ0) is 16.4. The SMILES string of the molecule is Cc1csc(NN=Cc2ccc(-c3ccc4ocnc4c3)cc2)n1. The second-order valence-electron chi connectivity index (χ2n) is 5.32. The summed E-state index contributed by atoms with van der Waals surface area (Å²) in [5.41, 5.74) is 8.84. The predicted molar refractivity (Wildman–Crippen MR) is 97.5 cm³/mol. The van der Waals surface area contributed by atoms with Gasteiger partial charge in [0.1, 0.15) is 5.52 Å². The molecule has 0 atom stereocenters. The molecule has 0 aliphatic rings. The van der Waals surface area contributed by atoms with Gasteiger partial charge in [0.15, 0.2) is 12.0 Å². The number of anilines is 1. The van der Waals surface area contributed by atoms with Gasteiger partial charge in [-0.05, 0) is 35.7 Å². The Hall–Kier alpha value is -2.99. The minimum Gasteiger partial charge on any atom is -0.443 e. The molecule has 5 nitrogen and oxygen atoms in total. The fraction of sp³-hybridized carbons (Fsp3) is 0.0556. The van der Waals surface area contributed by atoms with E-state index in [1.165, 1.54) is 17.7 Å². The standard InChI is InChI=1S/C18H14N4OS/c1-12-10-24-18(21-12)22-20-9-13-2-4-14(5-3-13)15-6-7-17-16(8-15)19-11-23-17/h2-11H,1H3,(H,21,22). The van der Waals surface area contributed by atoms with Crippen molar-refractivity contribution >= 4 is 33.8 Å². The third kappa shape index (κ3) is 3.04. The first-order valence-corrected chi connectivity index (χ1v) is 8.31. The fourth-order valence-corrected chi connectivity index (χ4v) is 3.00. The zero-order valence-electron chi connectivity index (χ0n) is 12.9. The van der Waals surface area contributed by atoms with Crippen LogP contribution in [0.15, 0.2) is 63.8 Å². The number of aromatic nitrogens is 2. The van der Waals surface area contributed by atoms with Crippen LogP contribution in [0.1, 0.15) is 11.3 Å². The molecular weight excluding hydrogens is 320 g/mol. The van der Waals surface area contributed by atoms with Crippen LogP contribution in [-0.4, -0.2) is 16.2 Å². The maximum Gasteiger partial charge on any atom is 0.203 e. The molecule has 0 fully saturated rings. The van der Waals surface area contributed by atoms with Crippen LogP contribution in [0.3, 0.4) is 0 Å². The molecule has 24 heavy (non-hydrogen) atoms. The maximum absolute atomic E-state index is 5.27. The second kappa shape index (κ2) is 6.25. The first-order chi connectivity index (χ1) is 11.8. The molecule has 6 heteroatoms. The van der Waals surface area contributed by atoms with Gasteiger partial charge in [0.25, 0.3) is 0 Å². The maximum atomic E-state index is 5.27. The lowest BCUT2D eigenvalue weighted by Crippen LogP contribution is -1.90. The average molecular weight is 334 g/mol. The zero-order valence-corrected chi connectivity index (χ0v) is 13.7. The Morgan fingerprint density at radius 2 is 1.96 bits per heavy atom. The summed E-state index contributed by atoms with van der Waals surface area (Å²) < 4.78 is 5.27. The Morgan fingerprint density at radius 1 is 1.12 bits per heavy atom. The number of nitrogens with zero attached hydrogens (tertiary/aromatic N) is 3. The molecule has 0 radical (unpaired) electrons. The van der Waals surface area contributed by atoms with E-state index < -0.39 is 0 Å². The molecule has 0 aliphatic heterocycles. The summed E-state index contributed by atoms with van der Waals surface area (Å²) in [6.45, 7) is 1.96. The molecule has 4 rings (SSSR count). The van der Waals surface area contributed by atoms with Gasteiger partial charge in [-0.1, -0.05) is 30.3 Å². The van der Waals surface area contributed by atoms with Gasteiger partial charge >= 0.3 is 0 Å². The summed E-state index contributed by atoms with van der Waals surface area (Å²) in [5.74, 6) is 0. The van der Waals surface area contributed by atoms with E-state index in [-0.39, 0.29) is 0 Å². The largest absolute Gasteiger partial charge is 0.443 e. The predicted octanol–water partition coefficient (Wildman–Crippen LogP) is 4.71.